The van der Waals surface area contributed by atoms with Crippen LogP contribution in [0.2, 0.25) is 0 Å². The summed E-state index contributed by atoms with van der Waals surface area (Å²) in [6, 6.07) is 8.98. The van der Waals surface area contributed by atoms with E-state index in [1.54, 1.807) is 6.07 Å². The summed E-state index contributed by atoms with van der Waals surface area (Å²) in [5.74, 6) is 1.35. The maximum Gasteiger partial charge on any atom is 0.266 e. The Bertz CT molecular complexity index is 901. The molecule has 4 rings (SSSR count). The summed E-state index contributed by atoms with van der Waals surface area (Å²) in [7, 11) is 0. The van der Waals surface area contributed by atoms with Crippen molar-refractivity contribution in [3.63, 3.8) is 0 Å². The number of carbonyl (C=O) groups excluding carboxylic acids is 1. The van der Waals surface area contributed by atoms with Crippen molar-refractivity contribution in [2.75, 3.05) is 6.79 Å². The van der Waals surface area contributed by atoms with Crippen molar-refractivity contribution in [2.45, 2.75) is 57.5 Å². The van der Waals surface area contributed by atoms with Crippen molar-refractivity contribution >= 4 is 5.91 Å². The van der Waals surface area contributed by atoms with Gasteiger partial charge in [-0.25, -0.2) is 4.68 Å². The summed E-state index contributed by atoms with van der Waals surface area (Å²) >= 11 is 0. The Morgan fingerprint density at radius 2 is 1.86 bits per heavy atom. The third kappa shape index (κ3) is 4.35. The molecule has 2 heterocycles. The van der Waals surface area contributed by atoms with Crippen molar-refractivity contribution in [3.05, 3.63) is 40.7 Å². The molecule has 1 aliphatic heterocycles. The number of amides is 1. The highest BCUT2D eigenvalue weighted by molar-refractivity contribution is 5.76. The molecule has 1 fully saturated rings. The van der Waals surface area contributed by atoms with Gasteiger partial charge in [-0.2, -0.15) is 5.10 Å². The average molecular weight is 383 g/mol. The molecule has 1 aliphatic carbocycles. The third-order valence-corrected chi connectivity index (χ3v) is 5.31. The van der Waals surface area contributed by atoms with Crippen LogP contribution in [0.4, 0.5) is 0 Å². The van der Waals surface area contributed by atoms with Gasteiger partial charge in [0.15, 0.2) is 11.5 Å². The molecule has 148 valence electrons. The minimum absolute atomic E-state index is 0.0194. The van der Waals surface area contributed by atoms with E-state index >= 15 is 0 Å². The van der Waals surface area contributed by atoms with Gasteiger partial charge in [-0.05, 0) is 37.1 Å². The zero-order chi connectivity index (χ0) is 19.3. The molecular weight excluding hydrogens is 358 g/mol. The Balaban J connectivity index is 1.41. The van der Waals surface area contributed by atoms with Gasteiger partial charge in [0.1, 0.15) is 0 Å². The quantitative estimate of drug-likeness (QED) is 0.803. The molecule has 1 N–H and O–H groups in total. The summed E-state index contributed by atoms with van der Waals surface area (Å²) in [6.45, 7) is 0.470. The van der Waals surface area contributed by atoms with E-state index in [0.717, 1.165) is 18.4 Å². The van der Waals surface area contributed by atoms with E-state index in [-0.39, 0.29) is 37.3 Å². The third-order valence-electron chi connectivity index (χ3n) is 5.31. The lowest BCUT2D eigenvalue weighted by atomic mass is 10.1. The highest BCUT2D eigenvalue weighted by Gasteiger charge is 2.16. The van der Waals surface area contributed by atoms with Crippen molar-refractivity contribution < 1.29 is 14.3 Å². The monoisotopic (exact) mass is 383 g/mol. The minimum atomic E-state index is -0.216. The Morgan fingerprint density at radius 1 is 1.07 bits per heavy atom. The number of rotatable bonds is 5. The normalized spacial score (nSPS) is 16.6. The number of ether oxygens (including phenoxy) is 2. The average Bonchev–Trinajstić information content (AvgIpc) is 3.03. The lowest BCUT2D eigenvalue weighted by Gasteiger charge is -2.16. The van der Waals surface area contributed by atoms with Crippen LogP contribution in [0, 0.1) is 0 Å². The second kappa shape index (κ2) is 8.46. The Kier molecular flexibility index (Phi) is 5.60. The number of hydrogen-bond donors (Lipinski definition) is 1. The van der Waals surface area contributed by atoms with Crippen molar-refractivity contribution in [3.8, 4) is 22.8 Å². The maximum atomic E-state index is 12.3. The van der Waals surface area contributed by atoms with Gasteiger partial charge in [0.2, 0.25) is 12.7 Å². The lowest BCUT2D eigenvalue weighted by molar-refractivity contribution is -0.122. The van der Waals surface area contributed by atoms with Gasteiger partial charge < -0.3 is 14.8 Å². The summed E-state index contributed by atoms with van der Waals surface area (Å²) in [6.07, 6.45) is 7.17. The molecule has 0 unspecified atom stereocenters. The van der Waals surface area contributed by atoms with Crippen molar-refractivity contribution in [1.82, 2.24) is 15.1 Å². The Labute approximate surface area is 163 Å². The van der Waals surface area contributed by atoms with Crippen molar-refractivity contribution in [2.24, 2.45) is 0 Å². The highest BCUT2D eigenvalue weighted by atomic mass is 16.7. The van der Waals surface area contributed by atoms with Gasteiger partial charge in [0.25, 0.3) is 5.56 Å². The number of aromatic nitrogens is 2. The largest absolute Gasteiger partial charge is 0.454 e. The fourth-order valence-corrected chi connectivity index (χ4v) is 3.75. The Hall–Kier alpha value is -2.83. The molecule has 0 saturated heterocycles. The minimum Gasteiger partial charge on any atom is -0.454 e. The predicted octanol–water partition coefficient (Wildman–Crippen LogP) is 2.87. The fraction of sp³-hybridized carbons (Fsp3) is 0.476. The van der Waals surface area contributed by atoms with E-state index in [1.165, 1.54) is 36.4 Å². The summed E-state index contributed by atoms with van der Waals surface area (Å²) in [5.41, 5.74) is 1.27. The molecule has 0 spiro atoms. The van der Waals surface area contributed by atoms with Gasteiger partial charge in [-0.1, -0.05) is 25.7 Å². The van der Waals surface area contributed by atoms with Crippen LogP contribution in [0.1, 0.15) is 44.9 Å². The zero-order valence-electron chi connectivity index (χ0n) is 15.9. The van der Waals surface area contributed by atoms with E-state index in [1.807, 2.05) is 18.2 Å². The zero-order valence-corrected chi connectivity index (χ0v) is 15.9. The molecule has 1 amide bonds. The first-order valence-corrected chi connectivity index (χ1v) is 9.96. The first kappa shape index (κ1) is 18.5. The van der Waals surface area contributed by atoms with Crippen molar-refractivity contribution in [1.29, 1.82) is 0 Å². The van der Waals surface area contributed by atoms with E-state index in [2.05, 4.69) is 10.4 Å². The smallest absolute Gasteiger partial charge is 0.266 e. The van der Waals surface area contributed by atoms with E-state index < -0.39 is 0 Å². The van der Waals surface area contributed by atoms with Crippen LogP contribution in [0.5, 0.6) is 11.5 Å². The summed E-state index contributed by atoms with van der Waals surface area (Å²) in [5, 5.41) is 7.54. The molecule has 2 aromatic rings. The molecule has 7 heteroatoms. The molecule has 0 atom stereocenters. The van der Waals surface area contributed by atoms with E-state index in [9.17, 15) is 9.59 Å². The number of fused-ring (bicyclic) bond motifs is 1. The number of aryl methyl sites for hydroxylation is 1. The standard InChI is InChI=1S/C21H25N3O4/c25-20(22-16-5-3-1-2-4-6-16)11-12-24-21(26)10-8-17(23-24)15-7-9-18-19(13-15)28-14-27-18/h7-10,13,16H,1-6,11-12,14H2,(H,22,25). The topological polar surface area (TPSA) is 82.5 Å². The summed E-state index contributed by atoms with van der Waals surface area (Å²) in [4.78, 5) is 24.5. The fourth-order valence-electron chi connectivity index (χ4n) is 3.75. The number of nitrogens with one attached hydrogen (secondary N) is 1. The van der Waals surface area contributed by atoms with E-state index in [4.69, 9.17) is 9.47 Å². The van der Waals surface area contributed by atoms with Crippen LogP contribution in [0.25, 0.3) is 11.3 Å². The highest BCUT2D eigenvalue weighted by Crippen LogP contribution is 2.35. The molecule has 1 aromatic carbocycles. The van der Waals surface area contributed by atoms with E-state index in [0.29, 0.717) is 17.2 Å². The van der Waals surface area contributed by atoms with Gasteiger partial charge in [-0.3, -0.25) is 9.59 Å². The maximum absolute atomic E-state index is 12.3. The second-order valence-corrected chi connectivity index (χ2v) is 7.35. The molecule has 1 aromatic heterocycles. The van der Waals surface area contributed by atoms with Crippen LogP contribution in [-0.2, 0) is 11.3 Å². The first-order valence-electron chi connectivity index (χ1n) is 9.96. The van der Waals surface area contributed by atoms with Crippen LogP contribution in [-0.4, -0.2) is 28.5 Å². The lowest BCUT2D eigenvalue weighted by Crippen LogP contribution is -2.35. The molecule has 2 aliphatic rings. The number of hydrogen-bond acceptors (Lipinski definition) is 5. The number of carbonyl (C=O) groups is 1. The van der Waals surface area contributed by atoms with Gasteiger partial charge in [0, 0.05) is 24.1 Å². The molecular formula is C21H25N3O4. The molecule has 7 nitrogen and oxygen atoms in total. The van der Waals surface area contributed by atoms with Crippen LogP contribution in [0.15, 0.2) is 35.1 Å². The van der Waals surface area contributed by atoms with Gasteiger partial charge in [0.05, 0.1) is 12.2 Å². The molecule has 28 heavy (non-hydrogen) atoms. The SMILES string of the molecule is O=C(CCn1nc(-c2ccc3c(c2)OCO3)ccc1=O)NC1CCCCCC1. The predicted molar refractivity (Wildman–Crippen MR) is 104 cm³/mol. The number of nitrogens with zero attached hydrogens (tertiary/aromatic N) is 2. The molecule has 1 saturated carbocycles. The van der Waals surface area contributed by atoms with Crippen LogP contribution < -0.4 is 20.3 Å². The van der Waals surface area contributed by atoms with Crippen LogP contribution >= 0.6 is 0 Å². The van der Waals surface area contributed by atoms with Crippen LogP contribution in [0.3, 0.4) is 0 Å². The van der Waals surface area contributed by atoms with Gasteiger partial charge in [-0.15, -0.1) is 0 Å². The molecule has 0 radical (unpaired) electrons. The van der Waals surface area contributed by atoms with Gasteiger partial charge >= 0.3 is 0 Å². The molecule has 0 bridgehead atoms. The number of benzene rings is 1. The Morgan fingerprint density at radius 3 is 2.68 bits per heavy atom. The first-order chi connectivity index (χ1) is 13.7. The summed E-state index contributed by atoms with van der Waals surface area (Å²) < 4.78 is 12.1. The second-order valence-electron chi connectivity index (χ2n) is 7.35.